The highest BCUT2D eigenvalue weighted by Crippen LogP contribution is 2.57. The Labute approximate surface area is 390 Å². The molecule has 65 heavy (non-hydrogen) atoms. The number of methoxy groups -OCH3 is 1. The third-order valence-electron chi connectivity index (χ3n) is 12.7. The number of pyridine rings is 1. The Balaban J connectivity index is 1.20. The van der Waals surface area contributed by atoms with Crippen LogP contribution >= 0.6 is 22.9 Å². The zero-order chi connectivity index (χ0) is 46.8. The molecule has 2 amide bonds. The first kappa shape index (κ1) is 47.9. The van der Waals surface area contributed by atoms with E-state index in [2.05, 4.69) is 11.9 Å². The van der Waals surface area contributed by atoms with Gasteiger partial charge in [-0.2, -0.15) is 8.42 Å². The molecule has 17 heteroatoms. The number of esters is 1. The van der Waals surface area contributed by atoms with Gasteiger partial charge in [0.15, 0.2) is 10.9 Å². The highest BCUT2D eigenvalue weighted by atomic mass is 35.5. The number of allylic oxidation sites excluding steroid dienone is 1. The summed E-state index contributed by atoms with van der Waals surface area (Å²) in [4.78, 5) is 68.7. The molecule has 0 unspecified atom stereocenters. The van der Waals surface area contributed by atoms with E-state index >= 15 is 4.79 Å². The van der Waals surface area contributed by atoms with Gasteiger partial charge >= 0.3 is 16.3 Å². The zero-order valence-corrected chi connectivity index (χ0v) is 40.1. The number of carbonyl (C=O) groups excluding carboxylic acids is 4. The van der Waals surface area contributed by atoms with Crippen LogP contribution < -0.4 is 19.0 Å². The van der Waals surface area contributed by atoms with Gasteiger partial charge in [-0.25, -0.2) is 14.7 Å². The van der Waals surface area contributed by atoms with Crippen LogP contribution in [0.1, 0.15) is 91.5 Å². The van der Waals surface area contributed by atoms with Gasteiger partial charge in [0.05, 0.1) is 42.1 Å². The van der Waals surface area contributed by atoms with Crippen molar-refractivity contribution in [2.24, 2.45) is 28.6 Å². The molecule has 5 atom stereocenters. The number of fused-ring (bicyclic) bond motifs is 1. The summed E-state index contributed by atoms with van der Waals surface area (Å²) in [6.07, 6.45) is 5.28. The molecule has 1 aliphatic heterocycles. The summed E-state index contributed by atoms with van der Waals surface area (Å²) in [5.41, 5.74) is 0.863. The van der Waals surface area contributed by atoms with Crippen LogP contribution in [0, 0.1) is 28.6 Å². The number of likely N-dealkylation sites (tertiary alicyclic amines) is 1. The molecular formula is C48H58ClN5O9S2. The lowest BCUT2D eigenvalue weighted by atomic mass is 9.77. The second kappa shape index (κ2) is 19.4. The number of nitrogens with zero attached hydrogens (tertiary/aromatic N) is 3. The Morgan fingerprint density at radius 1 is 1.03 bits per heavy atom. The molecule has 4 aromatic rings. The molecule has 2 aromatic carbocycles. The molecule has 0 bridgehead atoms. The van der Waals surface area contributed by atoms with Crippen LogP contribution in [-0.4, -0.2) is 78.7 Å². The maximum atomic E-state index is 15.0. The number of benzene rings is 2. The summed E-state index contributed by atoms with van der Waals surface area (Å²) in [6, 6.07) is 12.5. The van der Waals surface area contributed by atoms with E-state index < -0.39 is 56.7 Å². The minimum Gasteiger partial charge on any atom is -0.497 e. The van der Waals surface area contributed by atoms with Crippen molar-refractivity contribution in [2.45, 2.75) is 111 Å². The average molecular weight is 949 g/mol. The number of thiazole rings is 1. The lowest BCUT2D eigenvalue weighted by Crippen LogP contribution is -2.48. The van der Waals surface area contributed by atoms with Crippen LogP contribution in [0.3, 0.4) is 0 Å². The molecule has 1 saturated heterocycles. The van der Waals surface area contributed by atoms with Crippen molar-refractivity contribution < 1.29 is 41.3 Å². The molecule has 2 N–H and O–H groups in total. The number of rotatable bonds is 18. The van der Waals surface area contributed by atoms with Gasteiger partial charge in [0.1, 0.15) is 23.3 Å². The third kappa shape index (κ3) is 11.3. The maximum Gasteiger partial charge on any atom is 0.409 e. The van der Waals surface area contributed by atoms with Crippen LogP contribution in [0.5, 0.6) is 11.5 Å². The number of carbonyl (C=O) groups is 4. The number of hydrogen-bond donors (Lipinski definition) is 2. The van der Waals surface area contributed by atoms with Gasteiger partial charge in [-0.15, -0.1) is 17.9 Å². The van der Waals surface area contributed by atoms with Crippen molar-refractivity contribution in [3.05, 3.63) is 77.2 Å². The van der Waals surface area contributed by atoms with Gasteiger partial charge < -0.3 is 23.9 Å². The van der Waals surface area contributed by atoms with E-state index in [4.69, 9.17) is 35.2 Å². The van der Waals surface area contributed by atoms with E-state index in [1.54, 1.807) is 12.0 Å². The normalized spacial score (nSPS) is 21.5. The Hall–Kier alpha value is -5.06. The van der Waals surface area contributed by atoms with Gasteiger partial charge in [-0.3, -0.25) is 19.2 Å². The minimum absolute atomic E-state index is 0.0599. The molecule has 2 aliphatic carbocycles. The molecule has 0 spiro atoms. The Bertz CT molecular complexity index is 2550. The van der Waals surface area contributed by atoms with Gasteiger partial charge in [0, 0.05) is 40.9 Å². The molecule has 3 fully saturated rings. The van der Waals surface area contributed by atoms with Crippen molar-refractivity contribution in [3.8, 4) is 22.9 Å². The number of ketones is 1. The number of halogens is 1. The number of amides is 2. The summed E-state index contributed by atoms with van der Waals surface area (Å²) < 4.78 is 44.8. The number of ether oxygens (including phenoxy) is 2. The van der Waals surface area contributed by atoms with Crippen molar-refractivity contribution >= 4 is 72.8 Å². The van der Waals surface area contributed by atoms with Crippen molar-refractivity contribution in [1.29, 1.82) is 0 Å². The Morgan fingerprint density at radius 2 is 1.74 bits per heavy atom. The van der Waals surface area contributed by atoms with Crippen molar-refractivity contribution in [3.63, 3.8) is 0 Å². The summed E-state index contributed by atoms with van der Waals surface area (Å²) in [7, 11) is -3.06. The van der Waals surface area contributed by atoms with Crippen LogP contribution in [0.4, 0.5) is 5.13 Å². The predicted octanol–water partition coefficient (Wildman–Crippen LogP) is 8.73. The van der Waals surface area contributed by atoms with Crippen molar-refractivity contribution in [2.75, 3.05) is 19.0 Å². The van der Waals surface area contributed by atoms with Crippen LogP contribution in [0.15, 0.2) is 66.6 Å². The molecule has 2 aromatic heterocycles. The van der Waals surface area contributed by atoms with Crippen molar-refractivity contribution in [1.82, 2.24) is 19.6 Å². The molecule has 3 aliphatic rings. The van der Waals surface area contributed by atoms with Crippen LogP contribution in [-0.2, 0) is 40.6 Å². The maximum absolute atomic E-state index is 15.0. The van der Waals surface area contributed by atoms with E-state index in [-0.39, 0.29) is 61.9 Å². The number of Topliss-reactive ketones (excluding diaryl/α,β-unsaturated/α-hetero) is 1. The van der Waals surface area contributed by atoms with E-state index in [0.717, 1.165) is 41.8 Å². The molecule has 348 valence electrons. The third-order valence-corrected chi connectivity index (χ3v) is 14.6. The smallest absolute Gasteiger partial charge is 0.409 e. The second-order valence-electron chi connectivity index (χ2n) is 19.0. The van der Waals surface area contributed by atoms with E-state index in [9.17, 15) is 22.8 Å². The fraction of sp³-hybridized carbons (Fsp3) is 0.500. The number of hydrogen-bond acceptors (Lipinski definition) is 13. The fourth-order valence-electron chi connectivity index (χ4n) is 9.18. The average Bonchev–Trinajstić information content (AvgIpc) is 3.65. The number of aromatic nitrogens is 2. The first-order valence-electron chi connectivity index (χ1n) is 22.1. The highest BCUT2D eigenvalue weighted by Gasteiger charge is 2.61. The zero-order valence-electron chi connectivity index (χ0n) is 37.7. The molecule has 0 radical (unpaired) electrons. The van der Waals surface area contributed by atoms with Gasteiger partial charge in [-0.1, -0.05) is 38.4 Å². The Morgan fingerprint density at radius 3 is 2.38 bits per heavy atom. The number of nitrogens with one attached hydrogen (secondary N) is 2. The first-order valence-corrected chi connectivity index (χ1v) is 24.8. The first-order chi connectivity index (χ1) is 30.8. The monoisotopic (exact) mass is 947 g/mol. The van der Waals surface area contributed by atoms with E-state index in [1.807, 2.05) is 69.0 Å². The molecule has 7 rings (SSSR count). The second-order valence-corrected chi connectivity index (χ2v) is 21.6. The molecule has 2 saturated carbocycles. The van der Waals surface area contributed by atoms with Crippen LogP contribution in [0.2, 0.25) is 5.02 Å². The van der Waals surface area contributed by atoms with Crippen LogP contribution in [0.25, 0.3) is 22.3 Å². The molecule has 3 heterocycles. The topological polar surface area (TPSA) is 183 Å². The summed E-state index contributed by atoms with van der Waals surface area (Å²) in [6.45, 7) is 13.8. The SMILES string of the molecule is C=C[C@@H]1C[C@]1(CC(=O)[C@@H]1C[C@@H](Cc2cc(-c3csc(NC(C)C)n3)nc3cc(OC)ccc23)CN1C(=O)[C@@H](CC(=O)OC1CCCC1)C(C)(C)C)C(=O)NS(=O)(=O)Oc1ccc(Cl)cc1. The summed E-state index contributed by atoms with van der Waals surface area (Å²) >= 11 is 7.43. The quantitative estimate of drug-likeness (QED) is 0.0716. The number of anilines is 1. The van der Waals surface area contributed by atoms with E-state index in [0.29, 0.717) is 34.1 Å². The molecule has 14 nitrogen and oxygen atoms in total. The Kier molecular flexibility index (Phi) is 14.3. The highest BCUT2D eigenvalue weighted by molar-refractivity contribution is 7.85. The minimum atomic E-state index is -4.66. The summed E-state index contributed by atoms with van der Waals surface area (Å²) in [5, 5.41) is 7.32. The lowest BCUT2D eigenvalue weighted by molar-refractivity contribution is -0.156. The standard InChI is InChI=1S/C48H58ClN5O9S2/c1-8-31-24-48(31,45(58)53-65(59,60)63-34-15-13-32(49)14-16-34)25-42(55)41-20-29(26-54(41)44(57)37(47(4,5)6)23-43(56)62-33-11-9-10-12-33)19-30-21-39(40-27-64-46(52-40)50-28(2)3)51-38-22-35(61-7)17-18-36(30)38/h8,13-18,21-22,27-29,31,33,37,41H,1,9-12,19-20,23-26H2,2-7H3,(H,50,52)(H,53,58)/t29-,31-,37-,41+,48-/m1/s1. The summed E-state index contributed by atoms with van der Waals surface area (Å²) in [5.74, 6) is -3.09. The largest absolute Gasteiger partial charge is 0.497 e. The van der Waals surface area contributed by atoms with Gasteiger partial charge in [-0.05, 0) is 124 Å². The predicted molar refractivity (Wildman–Crippen MR) is 251 cm³/mol. The molecular weight excluding hydrogens is 890 g/mol. The van der Waals surface area contributed by atoms with Gasteiger partial charge in [0.2, 0.25) is 11.8 Å². The van der Waals surface area contributed by atoms with Gasteiger partial charge in [0.25, 0.3) is 0 Å². The fourth-order valence-corrected chi connectivity index (χ4v) is 11.0. The van der Waals surface area contributed by atoms with E-state index in [1.165, 1.54) is 41.7 Å². The lowest BCUT2D eigenvalue weighted by Gasteiger charge is -2.35.